The molecule has 0 aromatic carbocycles. The summed E-state index contributed by atoms with van der Waals surface area (Å²) >= 11 is 0. The molecule has 9 heteroatoms. The first-order valence-electron chi connectivity index (χ1n) is 10.3. The number of hydrogen-bond acceptors (Lipinski definition) is 4. The van der Waals surface area contributed by atoms with Crippen LogP contribution in [0.15, 0.2) is 34.9 Å². The summed E-state index contributed by atoms with van der Waals surface area (Å²) in [5.74, 6) is -0.129. The van der Waals surface area contributed by atoms with Crippen LogP contribution in [0.25, 0.3) is 17.1 Å². The lowest BCUT2D eigenvalue weighted by molar-refractivity contribution is -0.142. The van der Waals surface area contributed by atoms with Gasteiger partial charge < -0.3 is 9.32 Å². The minimum atomic E-state index is -4.67. The number of carbonyl (C=O) groups is 1. The van der Waals surface area contributed by atoms with Gasteiger partial charge in [0.2, 0.25) is 0 Å². The smallest absolute Gasteiger partial charge is 0.433 e. The van der Waals surface area contributed by atoms with E-state index in [2.05, 4.69) is 30.9 Å². The molecule has 2 unspecified atom stereocenters. The third-order valence-electron chi connectivity index (χ3n) is 6.39. The normalized spacial score (nSPS) is 25.4. The summed E-state index contributed by atoms with van der Waals surface area (Å²) in [5.41, 5.74) is -0.898. The molecular formula is C22H23F3N4O2. The van der Waals surface area contributed by atoms with Crippen molar-refractivity contribution >= 4 is 11.6 Å². The Morgan fingerprint density at radius 1 is 1.23 bits per heavy atom. The van der Waals surface area contributed by atoms with Crippen LogP contribution in [0, 0.1) is 10.8 Å². The average Bonchev–Trinajstić information content (AvgIpc) is 3.35. The molecule has 2 fully saturated rings. The second kappa shape index (κ2) is 6.34. The predicted octanol–water partition coefficient (Wildman–Crippen LogP) is 5.05. The number of hydrogen-bond donors (Lipinski definition) is 0. The van der Waals surface area contributed by atoms with Crippen molar-refractivity contribution in [1.29, 1.82) is 0 Å². The van der Waals surface area contributed by atoms with Gasteiger partial charge in [0.25, 0.3) is 5.91 Å². The van der Waals surface area contributed by atoms with Crippen LogP contribution < -0.4 is 0 Å². The van der Waals surface area contributed by atoms with Crippen molar-refractivity contribution in [1.82, 2.24) is 19.5 Å². The Hall–Kier alpha value is -2.84. The molecule has 2 aliphatic rings. The lowest BCUT2D eigenvalue weighted by Gasteiger charge is -2.39. The highest BCUT2D eigenvalue weighted by atomic mass is 19.4. The zero-order valence-corrected chi connectivity index (χ0v) is 17.5. The predicted molar refractivity (Wildman–Crippen MR) is 106 cm³/mol. The number of halogens is 3. The van der Waals surface area contributed by atoms with Crippen molar-refractivity contribution in [3.8, 4) is 11.5 Å². The summed E-state index contributed by atoms with van der Waals surface area (Å²) < 4.78 is 47.2. The molecule has 31 heavy (non-hydrogen) atoms. The number of amides is 1. The number of rotatable bonds is 2. The zero-order chi connectivity index (χ0) is 22.2. The molecule has 1 aliphatic heterocycles. The van der Waals surface area contributed by atoms with Gasteiger partial charge in [-0.1, -0.05) is 20.8 Å². The van der Waals surface area contributed by atoms with Gasteiger partial charge in [-0.25, -0.2) is 9.50 Å². The van der Waals surface area contributed by atoms with Crippen molar-refractivity contribution in [2.24, 2.45) is 10.8 Å². The van der Waals surface area contributed by atoms with Crippen LogP contribution in [0.2, 0.25) is 0 Å². The number of nitrogens with zero attached hydrogens (tertiary/aromatic N) is 4. The van der Waals surface area contributed by atoms with Gasteiger partial charge in [0.1, 0.15) is 5.69 Å². The summed E-state index contributed by atoms with van der Waals surface area (Å²) in [6, 6.07) is 5.40. The quantitative estimate of drug-likeness (QED) is 0.569. The Labute approximate surface area is 177 Å². The molecule has 2 bridgehead atoms. The van der Waals surface area contributed by atoms with E-state index in [1.165, 1.54) is 18.4 Å². The first-order chi connectivity index (χ1) is 14.4. The van der Waals surface area contributed by atoms with Crippen LogP contribution in [-0.4, -0.2) is 38.0 Å². The van der Waals surface area contributed by atoms with Crippen LogP contribution in [0.4, 0.5) is 13.2 Å². The molecule has 0 N–H and O–H groups in total. The molecule has 1 amide bonds. The third-order valence-corrected chi connectivity index (χ3v) is 6.39. The molecule has 1 saturated carbocycles. The van der Waals surface area contributed by atoms with E-state index < -0.39 is 11.9 Å². The maximum Gasteiger partial charge on any atom is 0.433 e. The van der Waals surface area contributed by atoms with Crippen molar-refractivity contribution in [2.75, 3.05) is 6.54 Å². The summed E-state index contributed by atoms with van der Waals surface area (Å²) in [4.78, 5) is 19.4. The minimum Gasteiger partial charge on any atom is -0.463 e. The van der Waals surface area contributed by atoms with Crippen LogP contribution in [-0.2, 0) is 6.18 Å². The van der Waals surface area contributed by atoms with E-state index in [4.69, 9.17) is 4.42 Å². The first kappa shape index (κ1) is 20.1. The molecular weight excluding hydrogens is 409 g/mol. The monoisotopic (exact) mass is 432 g/mol. The Morgan fingerprint density at radius 2 is 2.00 bits per heavy atom. The van der Waals surface area contributed by atoms with E-state index in [0.29, 0.717) is 11.1 Å². The Kier molecular flexibility index (Phi) is 4.11. The zero-order valence-electron chi connectivity index (χ0n) is 17.5. The van der Waals surface area contributed by atoms with Gasteiger partial charge in [-0.2, -0.15) is 18.3 Å². The van der Waals surface area contributed by atoms with Crippen LogP contribution >= 0.6 is 0 Å². The molecule has 0 spiro atoms. The fraction of sp³-hybridized carbons (Fsp3) is 0.500. The maximum atomic E-state index is 13.7. The summed E-state index contributed by atoms with van der Waals surface area (Å²) in [6.07, 6.45) is -0.512. The highest BCUT2D eigenvalue weighted by Gasteiger charge is 2.51. The second-order valence-corrected chi connectivity index (χ2v) is 9.95. The maximum absolute atomic E-state index is 13.7. The second-order valence-electron chi connectivity index (χ2n) is 9.95. The number of alkyl halides is 3. The summed E-state index contributed by atoms with van der Waals surface area (Å²) in [7, 11) is 0. The Bertz CT molecular complexity index is 1170. The minimum absolute atomic E-state index is 0.0169. The van der Waals surface area contributed by atoms with Gasteiger partial charge in [-0.3, -0.25) is 4.79 Å². The van der Waals surface area contributed by atoms with E-state index in [-0.39, 0.29) is 45.6 Å². The molecule has 1 saturated heterocycles. The summed E-state index contributed by atoms with van der Waals surface area (Å²) in [6.45, 7) is 7.17. The number of aromatic nitrogens is 3. The number of fused-ring (bicyclic) bond motifs is 3. The molecule has 5 rings (SSSR count). The highest BCUT2D eigenvalue weighted by molar-refractivity contribution is 5.94. The topological polar surface area (TPSA) is 63.6 Å². The van der Waals surface area contributed by atoms with Crippen molar-refractivity contribution in [2.45, 2.75) is 52.3 Å². The Balaban J connectivity index is 1.56. The Morgan fingerprint density at radius 3 is 2.68 bits per heavy atom. The molecule has 164 valence electrons. The molecule has 3 aromatic rings. The lowest BCUT2D eigenvalue weighted by Crippen LogP contribution is -2.37. The average molecular weight is 432 g/mol. The van der Waals surface area contributed by atoms with Gasteiger partial charge in [0.05, 0.1) is 6.26 Å². The molecule has 2 atom stereocenters. The number of furan rings is 1. The molecule has 4 heterocycles. The molecule has 0 radical (unpaired) electrons. The van der Waals surface area contributed by atoms with Gasteiger partial charge in [-0.05, 0) is 48.3 Å². The van der Waals surface area contributed by atoms with Crippen molar-refractivity contribution in [3.63, 3.8) is 0 Å². The fourth-order valence-corrected chi connectivity index (χ4v) is 5.68. The number of carbonyl (C=O) groups excluding carboxylic acids is 1. The van der Waals surface area contributed by atoms with Crippen LogP contribution in [0.1, 0.15) is 56.2 Å². The van der Waals surface area contributed by atoms with Crippen molar-refractivity contribution in [3.05, 3.63) is 41.9 Å². The SMILES string of the molecule is CC1(C)CC2CC(C)(CN2C(=O)c2cc3nc(-c4ccco4)cc(C(F)(F)F)n3n2)C1. The first-order valence-corrected chi connectivity index (χ1v) is 10.3. The van der Waals surface area contributed by atoms with Gasteiger partial charge >= 0.3 is 6.18 Å². The molecule has 1 aliphatic carbocycles. The van der Waals surface area contributed by atoms with E-state index >= 15 is 0 Å². The van der Waals surface area contributed by atoms with Gasteiger partial charge in [-0.15, -0.1) is 0 Å². The van der Waals surface area contributed by atoms with E-state index in [1.54, 1.807) is 11.0 Å². The number of likely N-dealkylation sites (tertiary alicyclic amines) is 1. The van der Waals surface area contributed by atoms with Gasteiger partial charge in [0.15, 0.2) is 22.8 Å². The summed E-state index contributed by atoms with van der Waals surface area (Å²) in [5, 5.41) is 4.03. The van der Waals surface area contributed by atoms with E-state index in [1.807, 2.05) is 0 Å². The van der Waals surface area contributed by atoms with E-state index in [0.717, 1.165) is 25.3 Å². The highest BCUT2D eigenvalue weighted by Crippen LogP contribution is 2.52. The van der Waals surface area contributed by atoms with Crippen LogP contribution in [0.3, 0.4) is 0 Å². The largest absolute Gasteiger partial charge is 0.463 e. The van der Waals surface area contributed by atoms with Crippen LogP contribution in [0.5, 0.6) is 0 Å². The molecule has 6 nitrogen and oxygen atoms in total. The molecule has 3 aromatic heterocycles. The third kappa shape index (κ3) is 3.40. The van der Waals surface area contributed by atoms with Crippen molar-refractivity contribution < 1.29 is 22.4 Å². The standard InChI is InChI=1S/C22H23F3N4O2/c1-20(2)9-13-10-21(3,11-20)12-28(13)19(30)15-8-18-26-14(16-5-4-6-31-16)7-17(22(23,24)25)29(18)27-15/h4-8,13H,9-12H2,1-3H3. The van der Waals surface area contributed by atoms with E-state index in [9.17, 15) is 18.0 Å². The van der Waals surface area contributed by atoms with Gasteiger partial charge in [0, 0.05) is 18.7 Å². The lowest BCUT2D eigenvalue weighted by atomic mass is 9.65. The fourth-order valence-electron chi connectivity index (χ4n) is 5.68.